The molecule has 0 saturated heterocycles. The Kier molecular flexibility index (Phi) is 3.58. The molecule has 5 heteroatoms. The maximum atomic E-state index is 10.2. The molecular formula is C7H6N3O2. The minimum absolute atomic E-state index is 0. The lowest BCUT2D eigenvalue weighted by atomic mass is 10.3. The lowest BCUT2D eigenvalue weighted by Crippen LogP contribution is -1.89. The predicted octanol–water partition coefficient (Wildman–Crippen LogP) is 1.15. The van der Waals surface area contributed by atoms with E-state index < -0.39 is 4.92 Å². The van der Waals surface area contributed by atoms with Crippen molar-refractivity contribution in [1.82, 2.24) is 11.1 Å². The topological polar surface area (TPSA) is 86.5 Å². The number of hydrogen-bond acceptors (Lipinski definition) is 3. The molecule has 1 heterocycles. The number of hydrogen-bond donors (Lipinski definition) is 0. The second kappa shape index (κ2) is 4.20. The van der Waals surface area contributed by atoms with Gasteiger partial charge in [0.2, 0.25) is 0 Å². The van der Waals surface area contributed by atoms with Gasteiger partial charge in [-0.2, -0.15) is 0 Å². The summed E-state index contributed by atoms with van der Waals surface area (Å²) in [7, 11) is 0. The van der Waals surface area contributed by atoms with Crippen molar-refractivity contribution < 1.29 is 4.92 Å². The number of nitro groups is 1. The Morgan fingerprint density at radius 2 is 2.33 bits per heavy atom. The first-order valence-electron chi connectivity index (χ1n) is 2.97. The molecule has 0 fully saturated rings. The molecule has 0 aliphatic heterocycles. The minimum atomic E-state index is -0.464. The van der Waals surface area contributed by atoms with Crippen molar-refractivity contribution >= 4 is 11.8 Å². The largest absolute Gasteiger partial charge is 0.273 e. The van der Waals surface area contributed by atoms with Crippen LogP contribution < -0.4 is 6.15 Å². The fraction of sp³-hybridized carbons (Fsp3) is 0. The Morgan fingerprint density at radius 1 is 1.67 bits per heavy atom. The molecule has 0 atom stereocenters. The van der Waals surface area contributed by atoms with Gasteiger partial charge in [0, 0.05) is 24.5 Å². The second-order valence-electron chi connectivity index (χ2n) is 1.90. The molecule has 0 saturated carbocycles. The van der Waals surface area contributed by atoms with Crippen LogP contribution >= 0.6 is 0 Å². The fourth-order valence-electron chi connectivity index (χ4n) is 0.662. The lowest BCUT2D eigenvalue weighted by molar-refractivity contribution is -0.384. The van der Waals surface area contributed by atoms with Crippen LogP contribution in [-0.2, 0) is 0 Å². The maximum absolute atomic E-state index is 10.2. The molecule has 5 nitrogen and oxygen atoms in total. The normalized spacial score (nSPS) is 8.33. The van der Waals surface area contributed by atoms with Crippen molar-refractivity contribution in [3.63, 3.8) is 0 Å². The monoisotopic (exact) mass is 164 g/mol. The molecule has 3 radical (unpaired) electrons. The van der Waals surface area contributed by atoms with Crippen LogP contribution in [0.5, 0.6) is 0 Å². The zero-order valence-electron chi connectivity index (χ0n) is 6.17. The van der Waals surface area contributed by atoms with E-state index in [2.05, 4.69) is 11.6 Å². The lowest BCUT2D eigenvalue weighted by Gasteiger charge is -1.91. The standard InChI is InChI=1S/C7H6N2O2.N/c1-2-6-5-7(9(10)11)3-4-8-6;/h2-5H,1H2;. The van der Waals surface area contributed by atoms with Crippen molar-refractivity contribution in [2.45, 2.75) is 0 Å². The van der Waals surface area contributed by atoms with Crippen LogP contribution in [0.4, 0.5) is 5.69 Å². The molecule has 0 aromatic carbocycles. The zero-order chi connectivity index (χ0) is 8.27. The van der Waals surface area contributed by atoms with Crippen molar-refractivity contribution in [2.75, 3.05) is 0 Å². The summed E-state index contributed by atoms with van der Waals surface area (Å²) in [5.74, 6) is 0. The van der Waals surface area contributed by atoms with Gasteiger partial charge in [0.05, 0.1) is 10.6 Å². The van der Waals surface area contributed by atoms with Gasteiger partial charge in [-0.25, -0.2) is 0 Å². The zero-order valence-corrected chi connectivity index (χ0v) is 6.17. The molecule has 61 valence electrons. The number of pyridine rings is 1. The van der Waals surface area contributed by atoms with Gasteiger partial charge in [0.25, 0.3) is 5.69 Å². The van der Waals surface area contributed by atoms with E-state index >= 15 is 0 Å². The smallest absolute Gasteiger partial charge is 0.258 e. The first-order valence-corrected chi connectivity index (χ1v) is 2.97. The van der Waals surface area contributed by atoms with Crippen molar-refractivity contribution in [1.29, 1.82) is 0 Å². The van der Waals surface area contributed by atoms with Crippen LogP contribution in [0, 0.1) is 10.1 Å². The van der Waals surface area contributed by atoms with Crippen LogP contribution in [0.15, 0.2) is 24.9 Å². The van der Waals surface area contributed by atoms with Crippen LogP contribution in [0.25, 0.3) is 6.08 Å². The Balaban J connectivity index is 0.00000121. The fourth-order valence-corrected chi connectivity index (χ4v) is 0.662. The van der Waals surface area contributed by atoms with Gasteiger partial charge in [-0.15, -0.1) is 0 Å². The summed E-state index contributed by atoms with van der Waals surface area (Å²) in [6.45, 7) is 3.45. The third kappa shape index (κ3) is 2.14. The summed E-state index contributed by atoms with van der Waals surface area (Å²) in [5.41, 5.74) is 0.550. The number of aromatic nitrogens is 1. The Hall–Kier alpha value is -1.75. The summed E-state index contributed by atoms with van der Waals surface area (Å²) >= 11 is 0. The Bertz CT molecular complexity index is 298. The van der Waals surface area contributed by atoms with E-state index in [9.17, 15) is 10.1 Å². The quantitative estimate of drug-likeness (QED) is 0.485. The molecule has 0 bridgehead atoms. The Labute approximate surface area is 69.5 Å². The number of rotatable bonds is 2. The third-order valence-electron chi connectivity index (χ3n) is 1.18. The van der Waals surface area contributed by atoms with E-state index in [1.807, 2.05) is 0 Å². The van der Waals surface area contributed by atoms with Crippen LogP contribution in [0.1, 0.15) is 5.69 Å². The third-order valence-corrected chi connectivity index (χ3v) is 1.18. The van der Waals surface area contributed by atoms with E-state index in [1.54, 1.807) is 0 Å². The van der Waals surface area contributed by atoms with E-state index in [1.165, 1.54) is 24.4 Å². The highest BCUT2D eigenvalue weighted by molar-refractivity contribution is 5.46. The second-order valence-corrected chi connectivity index (χ2v) is 1.90. The highest BCUT2D eigenvalue weighted by Gasteiger charge is 2.03. The average Bonchev–Trinajstić information content (AvgIpc) is 2.05. The van der Waals surface area contributed by atoms with Gasteiger partial charge in [-0.05, 0) is 6.08 Å². The molecule has 0 N–H and O–H groups in total. The van der Waals surface area contributed by atoms with Crippen molar-refractivity contribution in [3.05, 3.63) is 40.7 Å². The Morgan fingerprint density at radius 3 is 2.83 bits per heavy atom. The van der Waals surface area contributed by atoms with Crippen molar-refractivity contribution in [3.8, 4) is 0 Å². The molecule has 0 spiro atoms. The summed E-state index contributed by atoms with van der Waals surface area (Å²) in [4.78, 5) is 13.6. The first kappa shape index (κ1) is 10.2. The molecule has 0 aliphatic carbocycles. The summed E-state index contributed by atoms with van der Waals surface area (Å²) in [6, 6.07) is 2.71. The average molecular weight is 164 g/mol. The minimum Gasteiger partial charge on any atom is -0.258 e. The molecule has 0 aliphatic rings. The first-order chi connectivity index (χ1) is 5.24. The van der Waals surface area contributed by atoms with Gasteiger partial charge < -0.3 is 0 Å². The van der Waals surface area contributed by atoms with Crippen LogP contribution in [0.2, 0.25) is 0 Å². The van der Waals surface area contributed by atoms with Crippen LogP contribution in [-0.4, -0.2) is 9.91 Å². The van der Waals surface area contributed by atoms with E-state index in [-0.39, 0.29) is 11.8 Å². The van der Waals surface area contributed by atoms with E-state index in [0.717, 1.165) is 0 Å². The maximum Gasteiger partial charge on any atom is 0.273 e. The van der Waals surface area contributed by atoms with Gasteiger partial charge in [0.1, 0.15) is 0 Å². The number of nitrogens with zero attached hydrogens (tertiary/aromatic N) is 3. The SMILES string of the molecule is C=Cc1cc([N+](=O)[O-])ccn1.[N]. The summed E-state index contributed by atoms with van der Waals surface area (Å²) in [6.07, 6.45) is 2.85. The van der Waals surface area contributed by atoms with E-state index in [0.29, 0.717) is 5.69 Å². The highest BCUT2D eigenvalue weighted by Crippen LogP contribution is 2.10. The van der Waals surface area contributed by atoms with Gasteiger partial charge in [-0.1, -0.05) is 6.58 Å². The molecule has 0 unspecified atom stereocenters. The predicted molar refractivity (Wildman–Crippen MR) is 43.1 cm³/mol. The summed E-state index contributed by atoms with van der Waals surface area (Å²) in [5, 5.41) is 10.2. The molecular weight excluding hydrogens is 158 g/mol. The highest BCUT2D eigenvalue weighted by atomic mass is 16.6. The molecule has 0 amide bonds. The molecule has 1 rings (SSSR count). The van der Waals surface area contributed by atoms with Crippen LogP contribution in [0.3, 0.4) is 0 Å². The summed E-state index contributed by atoms with van der Waals surface area (Å²) < 4.78 is 0. The van der Waals surface area contributed by atoms with Gasteiger partial charge in [-0.3, -0.25) is 15.1 Å². The van der Waals surface area contributed by atoms with Gasteiger partial charge in [0.15, 0.2) is 0 Å². The molecule has 1 aromatic rings. The molecule has 1 aromatic heterocycles. The molecule has 12 heavy (non-hydrogen) atoms. The van der Waals surface area contributed by atoms with E-state index in [4.69, 9.17) is 0 Å². The van der Waals surface area contributed by atoms with Crippen molar-refractivity contribution in [2.24, 2.45) is 0 Å². The van der Waals surface area contributed by atoms with Gasteiger partial charge >= 0.3 is 0 Å².